The molecule has 0 aliphatic carbocycles. The molecule has 0 aliphatic heterocycles. The van der Waals surface area contributed by atoms with E-state index in [0.29, 0.717) is 5.56 Å². The molecule has 0 atom stereocenters. The molecule has 0 unspecified atom stereocenters. The van der Waals surface area contributed by atoms with Crippen molar-refractivity contribution in [3.8, 4) is 16.9 Å². The molecule has 0 amide bonds. The average Bonchev–Trinajstić information content (AvgIpc) is 2.61. The lowest BCUT2D eigenvalue weighted by Crippen LogP contribution is -2.23. The highest BCUT2D eigenvalue weighted by molar-refractivity contribution is 7.89. The molecule has 0 bridgehead atoms. The second kappa shape index (κ2) is 6.86. The summed E-state index contributed by atoms with van der Waals surface area (Å²) in [4.78, 5) is 0.238. The van der Waals surface area contributed by atoms with E-state index in [1.165, 1.54) is 0 Å². The van der Waals surface area contributed by atoms with Crippen LogP contribution in [0.25, 0.3) is 11.1 Å². The van der Waals surface area contributed by atoms with Crippen molar-refractivity contribution in [3.05, 3.63) is 84.4 Å². The molecule has 0 spiro atoms. The van der Waals surface area contributed by atoms with Gasteiger partial charge in [0.05, 0.1) is 4.90 Å². The Labute approximate surface area is 141 Å². The van der Waals surface area contributed by atoms with Crippen LogP contribution < -0.4 is 4.72 Å². The number of rotatable bonds is 5. The topological polar surface area (TPSA) is 66.4 Å². The van der Waals surface area contributed by atoms with E-state index in [9.17, 15) is 13.5 Å². The van der Waals surface area contributed by atoms with Crippen molar-refractivity contribution < 1.29 is 13.5 Å². The highest BCUT2D eigenvalue weighted by Crippen LogP contribution is 2.29. The maximum absolute atomic E-state index is 12.3. The van der Waals surface area contributed by atoms with Gasteiger partial charge in [0.25, 0.3) is 0 Å². The number of benzene rings is 3. The van der Waals surface area contributed by atoms with E-state index in [-0.39, 0.29) is 17.2 Å². The summed E-state index contributed by atoms with van der Waals surface area (Å²) in [6.07, 6.45) is 0. The largest absolute Gasteiger partial charge is 0.507 e. The summed E-state index contributed by atoms with van der Waals surface area (Å²) < 4.78 is 27.1. The lowest BCUT2D eigenvalue weighted by atomic mass is 10.0. The number of hydrogen-bond donors (Lipinski definition) is 2. The van der Waals surface area contributed by atoms with Crippen molar-refractivity contribution in [2.75, 3.05) is 0 Å². The van der Waals surface area contributed by atoms with Gasteiger partial charge in [-0.25, -0.2) is 13.1 Å². The predicted octanol–water partition coefficient (Wildman–Crippen LogP) is 3.54. The molecule has 0 aromatic heterocycles. The summed E-state index contributed by atoms with van der Waals surface area (Å²) in [5, 5.41) is 9.95. The van der Waals surface area contributed by atoms with Gasteiger partial charge in [0, 0.05) is 12.1 Å². The summed E-state index contributed by atoms with van der Waals surface area (Å²) >= 11 is 0. The molecule has 0 radical (unpaired) electrons. The van der Waals surface area contributed by atoms with Crippen LogP contribution in [0.1, 0.15) is 5.56 Å². The number of aromatic hydroxyl groups is 1. The normalized spacial score (nSPS) is 11.3. The first-order chi connectivity index (χ1) is 11.6. The van der Waals surface area contributed by atoms with Crippen LogP contribution in [0, 0.1) is 0 Å². The molecule has 0 saturated carbocycles. The van der Waals surface area contributed by atoms with Crippen LogP contribution in [-0.2, 0) is 16.6 Å². The van der Waals surface area contributed by atoms with E-state index in [4.69, 9.17) is 0 Å². The van der Waals surface area contributed by atoms with E-state index in [2.05, 4.69) is 4.72 Å². The highest BCUT2D eigenvalue weighted by atomic mass is 32.2. The van der Waals surface area contributed by atoms with Gasteiger partial charge in [0.15, 0.2) is 0 Å². The first-order valence-corrected chi connectivity index (χ1v) is 8.96. The second-order valence-corrected chi connectivity index (χ2v) is 7.12. The van der Waals surface area contributed by atoms with Gasteiger partial charge in [-0.05, 0) is 35.4 Å². The fourth-order valence-electron chi connectivity index (χ4n) is 2.43. The first kappa shape index (κ1) is 16.2. The number of para-hydroxylation sites is 1. The maximum atomic E-state index is 12.3. The van der Waals surface area contributed by atoms with E-state index in [0.717, 1.165) is 11.1 Å². The second-order valence-electron chi connectivity index (χ2n) is 5.36. The van der Waals surface area contributed by atoms with Crippen LogP contribution in [0.15, 0.2) is 83.8 Å². The smallest absolute Gasteiger partial charge is 0.240 e. The Kier molecular flexibility index (Phi) is 4.64. The number of hydrogen-bond acceptors (Lipinski definition) is 3. The minimum Gasteiger partial charge on any atom is -0.507 e. The Bertz CT molecular complexity index is 938. The lowest BCUT2D eigenvalue weighted by molar-refractivity contribution is 0.477. The summed E-state index contributed by atoms with van der Waals surface area (Å²) in [6.45, 7) is 0.179. The Morgan fingerprint density at radius 2 is 1.54 bits per heavy atom. The van der Waals surface area contributed by atoms with Gasteiger partial charge in [-0.2, -0.15) is 0 Å². The van der Waals surface area contributed by atoms with Crippen LogP contribution in [-0.4, -0.2) is 13.5 Å². The van der Waals surface area contributed by atoms with Crippen LogP contribution in [0.3, 0.4) is 0 Å². The van der Waals surface area contributed by atoms with Gasteiger partial charge in [-0.3, -0.25) is 0 Å². The number of nitrogens with one attached hydrogen (secondary N) is 1. The third-order valence-electron chi connectivity index (χ3n) is 3.66. The molecule has 0 heterocycles. The van der Waals surface area contributed by atoms with Crippen molar-refractivity contribution in [3.63, 3.8) is 0 Å². The van der Waals surface area contributed by atoms with Gasteiger partial charge in [0.2, 0.25) is 10.0 Å². The molecular formula is C19H17NO3S. The first-order valence-electron chi connectivity index (χ1n) is 7.48. The molecule has 3 aromatic rings. The molecule has 3 rings (SSSR count). The number of phenolic OH excluding ortho intramolecular Hbond substituents is 1. The highest BCUT2D eigenvalue weighted by Gasteiger charge is 2.13. The SMILES string of the molecule is O=S(=O)(NCc1cccc(-c2ccccc2O)c1)c1ccccc1. The molecule has 4 nitrogen and oxygen atoms in total. The van der Waals surface area contributed by atoms with Gasteiger partial charge >= 0.3 is 0 Å². The summed E-state index contributed by atoms with van der Waals surface area (Å²) in [5.74, 6) is 0.194. The van der Waals surface area contributed by atoms with E-state index < -0.39 is 10.0 Å². The average molecular weight is 339 g/mol. The Morgan fingerprint density at radius 3 is 2.29 bits per heavy atom. The minimum absolute atomic E-state index is 0.179. The fraction of sp³-hybridized carbons (Fsp3) is 0.0526. The van der Waals surface area contributed by atoms with Crippen molar-refractivity contribution in [1.29, 1.82) is 0 Å². The zero-order valence-corrected chi connectivity index (χ0v) is 13.7. The zero-order chi connectivity index (χ0) is 17.0. The summed E-state index contributed by atoms with van der Waals surface area (Å²) in [7, 11) is -3.54. The van der Waals surface area contributed by atoms with Gasteiger partial charge in [-0.1, -0.05) is 54.6 Å². The van der Waals surface area contributed by atoms with Crippen molar-refractivity contribution in [2.24, 2.45) is 0 Å². The Balaban J connectivity index is 1.80. The molecule has 122 valence electrons. The molecule has 0 fully saturated rings. The molecule has 5 heteroatoms. The Hall–Kier alpha value is -2.63. The predicted molar refractivity (Wildman–Crippen MR) is 94.0 cm³/mol. The monoisotopic (exact) mass is 339 g/mol. The number of phenols is 1. The molecule has 2 N–H and O–H groups in total. The number of sulfonamides is 1. The standard InChI is InChI=1S/C19H17NO3S/c21-19-12-5-4-11-18(19)16-8-6-7-15(13-16)14-20-24(22,23)17-9-2-1-3-10-17/h1-13,20-21H,14H2. The van der Waals surface area contributed by atoms with Crippen LogP contribution in [0.4, 0.5) is 0 Å². The Morgan fingerprint density at radius 1 is 0.833 bits per heavy atom. The fourth-order valence-corrected chi connectivity index (χ4v) is 3.47. The lowest BCUT2D eigenvalue weighted by Gasteiger charge is -2.09. The van der Waals surface area contributed by atoms with Crippen molar-refractivity contribution >= 4 is 10.0 Å². The summed E-state index contributed by atoms with van der Waals surface area (Å²) in [6, 6.07) is 22.7. The van der Waals surface area contributed by atoms with Gasteiger partial charge in [0.1, 0.15) is 5.75 Å². The van der Waals surface area contributed by atoms with Gasteiger partial charge in [-0.15, -0.1) is 0 Å². The van der Waals surface area contributed by atoms with E-state index in [1.54, 1.807) is 42.5 Å². The minimum atomic E-state index is -3.54. The zero-order valence-electron chi connectivity index (χ0n) is 12.9. The molecule has 0 saturated heterocycles. The molecule has 3 aromatic carbocycles. The van der Waals surface area contributed by atoms with E-state index in [1.807, 2.05) is 36.4 Å². The summed E-state index contributed by atoms with van der Waals surface area (Å²) in [5.41, 5.74) is 2.37. The van der Waals surface area contributed by atoms with Gasteiger partial charge < -0.3 is 5.11 Å². The van der Waals surface area contributed by atoms with Crippen LogP contribution in [0.2, 0.25) is 0 Å². The molecule has 24 heavy (non-hydrogen) atoms. The van der Waals surface area contributed by atoms with Crippen molar-refractivity contribution in [2.45, 2.75) is 11.4 Å². The van der Waals surface area contributed by atoms with Crippen LogP contribution in [0.5, 0.6) is 5.75 Å². The third-order valence-corrected chi connectivity index (χ3v) is 5.08. The van der Waals surface area contributed by atoms with Crippen molar-refractivity contribution in [1.82, 2.24) is 4.72 Å². The molecule has 0 aliphatic rings. The molecular weight excluding hydrogens is 322 g/mol. The maximum Gasteiger partial charge on any atom is 0.240 e. The third kappa shape index (κ3) is 3.64. The van der Waals surface area contributed by atoms with E-state index >= 15 is 0 Å². The van der Waals surface area contributed by atoms with Crippen LogP contribution >= 0.6 is 0 Å². The quantitative estimate of drug-likeness (QED) is 0.747.